The van der Waals surface area contributed by atoms with Crippen molar-refractivity contribution in [3.05, 3.63) is 136 Å². The molecule has 2 unspecified atom stereocenters. The molecule has 0 saturated heterocycles. The quantitative estimate of drug-likeness (QED) is 0.0770. The molecule has 0 bridgehead atoms. The molecule has 0 aliphatic heterocycles. The second-order valence-electron chi connectivity index (χ2n) is 15.9. The van der Waals surface area contributed by atoms with Crippen molar-refractivity contribution in [2.24, 2.45) is 0 Å². The van der Waals surface area contributed by atoms with Crippen molar-refractivity contribution in [1.29, 1.82) is 0 Å². The number of aromatic amines is 1. The first-order chi connectivity index (χ1) is 26.9. The van der Waals surface area contributed by atoms with E-state index in [4.69, 9.17) is 16.3 Å². The van der Waals surface area contributed by atoms with Crippen molar-refractivity contribution in [2.45, 2.75) is 87.8 Å². The highest BCUT2D eigenvalue weighted by Gasteiger charge is 2.57. The first-order valence-electron chi connectivity index (χ1n) is 18.2. The molecule has 0 amide bonds. The number of phenolic OH excluding ortho intramolecular Hbond substituents is 1. The summed E-state index contributed by atoms with van der Waals surface area (Å²) >= 11 is 5.99. The highest BCUT2D eigenvalue weighted by molar-refractivity contribution is 6.29. The predicted octanol–water partition coefficient (Wildman–Crippen LogP) is 11.3. The van der Waals surface area contributed by atoms with Crippen molar-refractivity contribution in [3.8, 4) is 11.5 Å². The van der Waals surface area contributed by atoms with E-state index < -0.39 is 65.9 Å². The lowest BCUT2D eigenvalue weighted by Gasteiger charge is -2.38. The van der Waals surface area contributed by atoms with Crippen LogP contribution in [0.4, 0.5) is 30.7 Å². The summed E-state index contributed by atoms with van der Waals surface area (Å²) in [5, 5.41) is 32.9. The molecule has 2 aromatic heterocycles. The van der Waals surface area contributed by atoms with Crippen LogP contribution in [-0.4, -0.2) is 56.0 Å². The number of aromatic hydroxyl groups is 1. The van der Waals surface area contributed by atoms with Crippen molar-refractivity contribution < 1.29 is 50.8 Å². The number of halogens is 8. The van der Waals surface area contributed by atoms with E-state index in [9.17, 15) is 46.1 Å². The van der Waals surface area contributed by atoms with E-state index in [0.29, 0.717) is 27.9 Å². The molecule has 6 aromatic rings. The molecule has 0 saturated carbocycles. The Hall–Kier alpha value is -4.85. The molecule has 4 N–H and O–H groups in total. The Morgan fingerprint density at radius 3 is 1.91 bits per heavy atom. The molecule has 0 radical (unpaired) electrons. The van der Waals surface area contributed by atoms with E-state index in [-0.39, 0.29) is 22.0 Å². The molecule has 0 aliphatic rings. The van der Waals surface area contributed by atoms with Crippen LogP contribution in [-0.2, 0) is 23.7 Å². The maximum absolute atomic E-state index is 14.1. The number of aliphatic hydroxyl groups is 2. The number of nitrogens with one attached hydrogen (secondary N) is 1. The zero-order valence-corrected chi connectivity index (χ0v) is 33.1. The van der Waals surface area contributed by atoms with Crippen molar-refractivity contribution in [3.63, 3.8) is 0 Å². The molecule has 310 valence electrons. The molecule has 4 aromatic carbocycles. The SMILES string of the molecule is CC(C)(CC(O)(Cc1cc(Cl)nc2ccccc12)C(F)(F)F)c1cc(F)ccc1O.COc1ccc(C(C)(C)CC(O)(Cc2cc3ccccc3[nH]2)C(F)(F)F)cc1. The Bertz CT molecular complexity index is 2330. The number of hydrogen-bond acceptors (Lipinski definition) is 5. The number of hydrogen-bond donors (Lipinski definition) is 4. The normalized spacial score (nSPS) is 14.7. The number of ether oxygens (including phenoxy) is 1. The van der Waals surface area contributed by atoms with Crippen LogP contribution < -0.4 is 4.74 Å². The van der Waals surface area contributed by atoms with Crippen LogP contribution in [0.2, 0.25) is 5.15 Å². The molecule has 6 rings (SSSR count). The van der Waals surface area contributed by atoms with E-state index in [1.54, 1.807) is 74.5 Å². The smallest absolute Gasteiger partial charge is 0.417 e. The van der Waals surface area contributed by atoms with Gasteiger partial charge in [0.1, 0.15) is 22.5 Å². The van der Waals surface area contributed by atoms with Crippen LogP contribution in [0.3, 0.4) is 0 Å². The minimum Gasteiger partial charge on any atom is -0.508 e. The topological polar surface area (TPSA) is 98.6 Å². The maximum atomic E-state index is 14.1. The van der Waals surface area contributed by atoms with Gasteiger partial charge in [-0.15, -0.1) is 0 Å². The summed E-state index contributed by atoms with van der Waals surface area (Å²) in [6.07, 6.45) is -12.4. The summed E-state index contributed by atoms with van der Waals surface area (Å²) in [6.45, 7) is 6.24. The fraction of sp³-hybridized carbons (Fsp3) is 0.341. The van der Waals surface area contributed by atoms with Gasteiger partial charge in [0.05, 0.1) is 12.6 Å². The summed E-state index contributed by atoms with van der Waals surface area (Å²) in [7, 11) is 1.53. The van der Waals surface area contributed by atoms with Crippen LogP contribution in [0.15, 0.2) is 103 Å². The van der Waals surface area contributed by atoms with Gasteiger partial charge >= 0.3 is 12.4 Å². The van der Waals surface area contributed by atoms with Crippen LogP contribution in [0.1, 0.15) is 62.9 Å². The molecule has 14 heteroatoms. The third-order valence-corrected chi connectivity index (χ3v) is 10.6. The Labute approximate surface area is 336 Å². The fourth-order valence-corrected chi connectivity index (χ4v) is 7.72. The van der Waals surface area contributed by atoms with Gasteiger partial charge in [-0.2, -0.15) is 26.3 Å². The number of para-hydroxylation sites is 2. The van der Waals surface area contributed by atoms with E-state index >= 15 is 0 Å². The van der Waals surface area contributed by atoms with Crippen molar-refractivity contribution in [2.75, 3.05) is 7.11 Å². The lowest BCUT2D eigenvalue weighted by molar-refractivity contribution is -0.266. The van der Waals surface area contributed by atoms with E-state index in [0.717, 1.165) is 29.1 Å². The summed E-state index contributed by atoms with van der Waals surface area (Å²) in [6, 6.07) is 26.7. The predicted molar refractivity (Wildman–Crippen MR) is 211 cm³/mol. The van der Waals surface area contributed by atoms with Gasteiger partial charge in [-0.05, 0) is 94.8 Å². The monoisotopic (exact) mass is 832 g/mol. The molecule has 2 heterocycles. The van der Waals surface area contributed by atoms with Gasteiger partial charge in [0.25, 0.3) is 0 Å². The molecular formula is C44H44ClF7N2O4. The van der Waals surface area contributed by atoms with Crippen molar-refractivity contribution in [1.82, 2.24) is 9.97 Å². The van der Waals surface area contributed by atoms with Gasteiger partial charge in [0.15, 0.2) is 11.2 Å². The third-order valence-electron chi connectivity index (χ3n) is 10.4. The standard InChI is InChI=1S/C22H20ClF4NO2.C22H24F3NO2/c1-20(2,16-10-14(24)7-8-18(16)29)12-21(30,22(25,26)27)11-13-9-19(23)28-17-6-4-3-5-15(13)17;1-20(2,16-8-10-18(28-3)11-9-16)14-21(27,22(23,24)25)13-17-12-15-6-4-5-7-19(15)26-17/h3-10,29-30H,11-12H2,1-2H3;4-12,26-27H,13-14H2,1-3H3. The molecule has 0 spiro atoms. The van der Waals surface area contributed by atoms with Gasteiger partial charge in [-0.1, -0.05) is 87.8 Å². The van der Waals surface area contributed by atoms with Crippen LogP contribution in [0, 0.1) is 5.82 Å². The zero-order valence-electron chi connectivity index (χ0n) is 32.4. The number of methoxy groups -OCH3 is 1. The number of aromatic nitrogens is 2. The van der Waals surface area contributed by atoms with Gasteiger partial charge < -0.3 is 25.0 Å². The first kappa shape index (κ1) is 44.3. The summed E-state index contributed by atoms with van der Waals surface area (Å²) in [5.41, 5.74) is -5.96. The number of alkyl halides is 6. The van der Waals surface area contributed by atoms with E-state index in [1.807, 2.05) is 18.2 Å². The molecular weight excluding hydrogens is 789 g/mol. The minimum absolute atomic E-state index is 0.00950. The number of rotatable bonds is 11. The average Bonchev–Trinajstić information content (AvgIpc) is 3.53. The van der Waals surface area contributed by atoms with Gasteiger partial charge in [0.2, 0.25) is 0 Å². The van der Waals surface area contributed by atoms with Gasteiger partial charge in [-0.3, -0.25) is 0 Å². The highest BCUT2D eigenvalue weighted by atomic mass is 35.5. The second kappa shape index (κ2) is 16.4. The number of phenols is 1. The summed E-state index contributed by atoms with van der Waals surface area (Å²) in [5.74, 6) is -0.412. The maximum Gasteiger partial charge on any atom is 0.417 e. The largest absolute Gasteiger partial charge is 0.508 e. The average molecular weight is 833 g/mol. The number of benzene rings is 4. The Morgan fingerprint density at radius 1 is 0.707 bits per heavy atom. The lowest BCUT2D eigenvalue weighted by atomic mass is 9.72. The molecule has 0 aliphatic carbocycles. The highest BCUT2D eigenvalue weighted by Crippen LogP contribution is 2.46. The first-order valence-corrected chi connectivity index (χ1v) is 18.6. The van der Waals surface area contributed by atoms with E-state index in [1.165, 1.54) is 27.0 Å². The Kier molecular flexibility index (Phi) is 12.5. The van der Waals surface area contributed by atoms with Crippen LogP contribution >= 0.6 is 11.6 Å². The minimum atomic E-state index is -5.00. The van der Waals surface area contributed by atoms with Gasteiger partial charge in [0, 0.05) is 35.0 Å². The number of nitrogens with zero attached hydrogens (tertiary/aromatic N) is 1. The van der Waals surface area contributed by atoms with Crippen LogP contribution in [0.25, 0.3) is 21.8 Å². The second-order valence-corrected chi connectivity index (χ2v) is 16.3. The Morgan fingerprint density at radius 2 is 1.29 bits per heavy atom. The lowest BCUT2D eigenvalue weighted by Crippen LogP contribution is -2.50. The molecule has 2 atom stereocenters. The molecule has 6 nitrogen and oxygen atoms in total. The molecule has 0 fully saturated rings. The zero-order chi connectivity index (χ0) is 42.9. The van der Waals surface area contributed by atoms with E-state index in [2.05, 4.69) is 9.97 Å². The summed E-state index contributed by atoms with van der Waals surface area (Å²) in [4.78, 5) is 7.09. The molecule has 58 heavy (non-hydrogen) atoms. The Balaban J connectivity index is 0.000000221. The summed E-state index contributed by atoms with van der Waals surface area (Å²) < 4.78 is 103. The third kappa shape index (κ3) is 9.87. The van der Waals surface area contributed by atoms with Crippen LogP contribution in [0.5, 0.6) is 11.5 Å². The number of fused-ring (bicyclic) bond motifs is 2. The van der Waals surface area contributed by atoms with Crippen molar-refractivity contribution >= 4 is 33.4 Å². The number of H-pyrrole nitrogens is 1. The fourth-order valence-electron chi connectivity index (χ4n) is 7.49. The number of pyridine rings is 1. The van der Waals surface area contributed by atoms with Gasteiger partial charge in [-0.25, -0.2) is 9.37 Å².